The maximum Gasteiger partial charge on any atom is 0.124 e. The van der Waals surface area contributed by atoms with Crippen LogP contribution in [0.1, 0.15) is 42.9 Å². The van der Waals surface area contributed by atoms with E-state index in [9.17, 15) is 5.11 Å². The lowest BCUT2D eigenvalue weighted by molar-refractivity contribution is 0.0805. The Morgan fingerprint density at radius 2 is 2.33 bits per heavy atom. The Morgan fingerprint density at radius 3 is 3.00 bits per heavy atom. The molecule has 0 saturated carbocycles. The number of methoxy groups -OCH3 is 1. The first-order valence-corrected chi connectivity index (χ1v) is 6.65. The Hall–Kier alpha value is -1.06. The molecule has 1 fully saturated rings. The van der Waals surface area contributed by atoms with Crippen LogP contribution >= 0.6 is 0 Å². The third-order valence-corrected chi connectivity index (χ3v) is 3.53. The van der Waals surface area contributed by atoms with E-state index in [4.69, 9.17) is 9.47 Å². The molecule has 1 aromatic rings. The average molecular weight is 250 g/mol. The van der Waals surface area contributed by atoms with E-state index in [1.807, 2.05) is 25.1 Å². The van der Waals surface area contributed by atoms with Crippen molar-refractivity contribution in [2.24, 2.45) is 0 Å². The molecule has 1 aliphatic rings. The zero-order valence-electron chi connectivity index (χ0n) is 11.2. The second-order valence-corrected chi connectivity index (χ2v) is 4.97. The summed E-state index contributed by atoms with van der Waals surface area (Å²) in [6.07, 6.45) is 3.77. The van der Waals surface area contributed by atoms with Gasteiger partial charge in [0.25, 0.3) is 0 Å². The number of hydrogen-bond acceptors (Lipinski definition) is 3. The molecule has 0 amide bonds. The first-order chi connectivity index (χ1) is 8.70. The lowest BCUT2D eigenvalue weighted by Crippen LogP contribution is -2.08. The molecular weight excluding hydrogens is 228 g/mol. The molecule has 1 aliphatic heterocycles. The van der Waals surface area contributed by atoms with Crippen LogP contribution in [0.25, 0.3) is 0 Å². The Balaban J connectivity index is 1.98. The van der Waals surface area contributed by atoms with Crippen LogP contribution in [-0.2, 0) is 4.74 Å². The second kappa shape index (κ2) is 6.21. The van der Waals surface area contributed by atoms with Crippen LogP contribution in [-0.4, -0.2) is 24.9 Å². The van der Waals surface area contributed by atoms with Crippen LogP contribution < -0.4 is 4.74 Å². The van der Waals surface area contributed by atoms with E-state index in [-0.39, 0.29) is 0 Å². The smallest absolute Gasteiger partial charge is 0.124 e. The zero-order chi connectivity index (χ0) is 13.0. The van der Waals surface area contributed by atoms with E-state index in [2.05, 4.69) is 0 Å². The van der Waals surface area contributed by atoms with Crippen molar-refractivity contribution < 1.29 is 14.6 Å². The molecule has 1 heterocycles. The van der Waals surface area contributed by atoms with E-state index in [1.165, 1.54) is 0 Å². The quantitative estimate of drug-likeness (QED) is 0.873. The third kappa shape index (κ3) is 3.24. The molecule has 18 heavy (non-hydrogen) atoms. The molecule has 0 aromatic heterocycles. The summed E-state index contributed by atoms with van der Waals surface area (Å²) < 4.78 is 10.9. The predicted octanol–water partition coefficient (Wildman–Crippen LogP) is 3.00. The van der Waals surface area contributed by atoms with Crippen LogP contribution in [0.5, 0.6) is 5.75 Å². The highest BCUT2D eigenvalue weighted by Gasteiger charge is 2.19. The summed E-state index contributed by atoms with van der Waals surface area (Å²) in [5.41, 5.74) is 2.03. The molecule has 1 N–H and O–H groups in total. The minimum absolute atomic E-state index is 0.329. The first-order valence-electron chi connectivity index (χ1n) is 6.65. The van der Waals surface area contributed by atoms with Gasteiger partial charge in [-0.3, -0.25) is 0 Å². The van der Waals surface area contributed by atoms with Gasteiger partial charge in [0.15, 0.2) is 0 Å². The molecular formula is C15H22O3. The number of ether oxygens (including phenoxy) is 2. The van der Waals surface area contributed by atoms with Crippen molar-refractivity contribution >= 4 is 0 Å². The minimum Gasteiger partial charge on any atom is -0.496 e. The van der Waals surface area contributed by atoms with E-state index in [1.54, 1.807) is 7.11 Å². The number of aliphatic hydroxyl groups is 1. The number of aryl methyl sites for hydroxylation is 1. The fourth-order valence-electron chi connectivity index (χ4n) is 2.49. The van der Waals surface area contributed by atoms with Crippen LogP contribution in [0, 0.1) is 6.92 Å². The predicted molar refractivity (Wildman–Crippen MR) is 70.9 cm³/mol. The van der Waals surface area contributed by atoms with Crippen molar-refractivity contribution in [3.8, 4) is 5.75 Å². The van der Waals surface area contributed by atoms with Crippen molar-refractivity contribution in [2.45, 2.75) is 44.8 Å². The monoisotopic (exact) mass is 250 g/mol. The van der Waals surface area contributed by atoms with Gasteiger partial charge in [-0.05, 0) is 44.7 Å². The fourth-order valence-corrected chi connectivity index (χ4v) is 2.49. The van der Waals surface area contributed by atoms with Gasteiger partial charge in [-0.1, -0.05) is 11.6 Å². The Kier molecular flexibility index (Phi) is 4.61. The highest BCUT2D eigenvalue weighted by Crippen LogP contribution is 2.30. The molecule has 0 spiro atoms. The van der Waals surface area contributed by atoms with Crippen molar-refractivity contribution in [3.63, 3.8) is 0 Å². The number of benzene rings is 1. The lowest BCUT2D eigenvalue weighted by atomic mass is 9.99. The molecule has 2 unspecified atom stereocenters. The number of hydrogen-bond donors (Lipinski definition) is 1. The molecule has 100 valence electrons. The summed E-state index contributed by atoms with van der Waals surface area (Å²) >= 11 is 0. The lowest BCUT2D eigenvalue weighted by Gasteiger charge is -2.17. The van der Waals surface area contributed by atoms with Gasteiger partial charge in [0.05, 0.1) is 19.3 Å². The fraction of sp³-hybridized carbons (Fsp3) is 0.600. The summed E-state index contributed by atoms with van der Waals surface area (Å²) in [4.78, 5) is 0. The summed E-state index contributed by atoms with van der Waals surface area (Å²) in [6, 6.07) is 5.91. The van der Waals surface area contributed by atoms with Crippen molar-refractivity contribution in [3.05, 3.63) is 29.3 Å². The molecule has 2 rings (SSSR count). The molecule has 0 bridgehead atoms. The van der Waals surface area contributed by atoms with Crippen molar-refractivity contribution in [1.82, 2.24) is 0 Å². The summed E-state index contributed by atoms with van der Waals surface area (Å²) in [5, 5.41) is 10.3. The van der Waals surface area contributed by atoms with Crippen molar-refractivity contribution in [2.75, 3.05) is 13.7 Å². The van der Waals surface area contributed by atoms with Gasteiger partial charge >= 0.3 is 0 Å². The van der Waals surface area contributed by atoms with Gasteiger partial charge in [0.2, 0.25) is 0 Å². The molecule has 1 aromatic carbocycles. The van der Waals surface area contributed by atoms with Crippen LogP contribution in [0.2, 0.25) is 0 Å². The van der Waals surface area contributed by atoms with Gasteiger partial charge in [-0.15, -0.1) is 0 Å². The highest BCUT2D eigenvalue weighted by atomic mass is 16.5. The van der Waals surface area contributed by atoms with Gasteiger partial charge in [0, 0.05) is 12.2 Å². The van der Waals surface area contributed by atoms with Crippen LogP contribution in [0.3, 0.4) is 0 Å². The zero-order valence-corrected chi connectivity index (χ0v) is 11.2. The molecule has 1 saturated heterocycles. The number of aliphatic hydroxyl groups excluding tert-OH is 1. The van der Waals surface area contributed by atoms with Crippen LogP contribution in [0.15, 0.2) is 18.2 Å². The molecule has 2 atom stereocenters. The normalized spacial score (nSPS) is 20.9. The topological polar surface area (TPSA) is 38.7 Å². The highest BCUT2D eigenvalue weighted by molar-refractivity contribution is 5.38. The number of rotatable bonds is 5. The Morgan fingerprint density at radius 1 is 1.50 bits per heavy atom. The SMILES string of the molecule is COc1ccc(C)cc1C(O)CCC1CCCO1. The van der Waals surface area contributed by atoms with Crippen molar-refractivity contribution in [1.29, 1.82) is 0 Å². The second-order valence-electron chi connectivity index (χ2n) is 4.97. The van der Waals surface area contributed by atoms with E-state index in [0.29, 0.717) is 6.10 Å². The average Bonchev–Trinajstić information content (AvgIpc) is 2.89. The Labute approximate surface area is 109 Å². The Bertz CT molecular complexity index is 383. The summed E-state index contributed by atoms with van der Waals surface area (Å²) in [6.45, 7) is 2.89. The van der Waals surface area contributed by atoms with Gasteiger partial charge in [0.1, 0.15) is 5.75 Å². The summed E-state index contributed by atoms with van der Waals surface area (Å²) in [5.74, 6) is 0.764. The molecule has 3 nitrogen and oxygen atoms in total. The summed E-state index contributed by atoms with van der Waals surface area (Å²) in [7, 11) is 1.64. The van der Waals surface area contributed by atoms with Gasteiger partial charge < -0.3 is 14.6 Å². The first kappa shape index (κ1) is 13.4. The van der Waals surface area contributed by atoms with E-state index >= 15 is 0 Å². The van der Waals surface area contributed by atoms with Crippen LogP contribution in [0.4, 0.5) is 0 Å². The van der Waals surface area contributed by atoms with Gasteiger partial charge in [-0.2, -0.15) is 0 Å². The molecule has 0 aliphatic carbocycles. The standard InChI is InChI=1S/C15H22O3/c1-11-5-8-15(17-2)13(10-11)14(16)7-6-12-4-3-9-18-12/h5,8,10,12,14,16H,3-4,6-7,9H2,1-2H3. The maximum absolute atomic E-state index is 10.3. The molecule has 3 heteroatoms. The molecule has 0 radical (unpaired) electrons. The van der Waals surface area contributed by atoms with E-state index in [0.717, 1.165) is 49.2 Å². The minimum atomic E-state index is -0.468. The van der Waals surface area contributed by atoms with Gasteiger partial charge in [-0.25, -0.2) is 0 Å². The maximum atomic E-state index is 10.3. The largest absolute Gasteiger partial charge is 0.496 e. The third-order valence-electron chi connectivity index (χ3n) is 3.53. The van der Waals surface area contributed by atoms with E-state index < -0.39 is 6.10 Å².